The molecule has 0 unspecified atom stereocenters. The summed E-state index contributed by atoms with van der Waals surface area (Å²) in [5, 5.41) is 13.7. The molecule has 12 heterocycles. The minimum Gasteiger partial charge on any atom is -0.309 e. The maximum Gasteiger partial charge on any atom is 0.0963 e. The molecule has 24 aromatic rings. The molecule has 13 heteroatoms. The van der Waals surface area contributed by atoms with Gasteiger partial charge >= 0.3 is 0 Å². The van der Waals surface area contributed by atoms with Gasteiger partial charge in [0.2, 0.25) is 0 Å². The number of halogens is 1. The summed E-state index contributed by atoms with van der Waals surface area (Å²) in [6, 6.07) is 133. The van der Waals surface area contributed by atoms with Crippen LogP contribution >= 0.6 is 11.6 Å². The lowest BCUT2D eigenvalue weighted by molar-refractivity contribution is 1.16. The molecule has 0 saturated carbocycles. The largest absolute Gasteiger partial charge is 0.309 e. The predicted octanol–water partition coefficient (Wildman–Crippen LogP) is 28.0. The molecule has 24 rings (SSSR count). The molecule has 0 spiro atoms. The van der Waals surface area contributed by atoms with Crippen molar-refractivity contribution in [1.29, 1.82) is 0 Å². The molecular weight excluding hydrogens is 1540 g/mol. The van der Waals surface area contributed by atoms with Crippen LogP contribution in [-0.4, -0.2) is 58.6 Å². The van der Waals surface area contributed by atoms with Crippen molar-refractivity contribution in [2.45, 2.75) is 0 Å². The van der Waals surface area contributed by atoms with Crippen molar-refractivity contribution in [3.8, 4) is 118 Å². The second-order valence-electron chi connectivity index (χ2n) is 30.7. The molecule has 0 saturated heterocycles. The molecule has 0 N–H and O–H groups in total. The zero-order valence-electron chi connectivity index (χ0n) is 66.7. The third kappa shape index (κ3) is 14.0. The molecule has 12 nitrogen and oxygen atoms in total. The molecule has 0 amide bonds. The van der Waals surface area contributed by atoms with Gasteiger partial charge in [-0.15, -0.1) is 0 Å². The Kier molecular flexibility index (Phi) is 19.0. The number of hydrogen-bond acceptors (Lipinski definition) is 9. The first-order valence-electron chi connectivity index (χ1n) is 41.2. The normalized spacial score (nSPS) is 11.4. The van der Waals surface area contributed by atoms with Crippen molar-refractivity contribution >= 4 is 109 Å². The fourth-order valence-corrected chi connectivity index (χ4v) is 17.5. The first kappa shape index (κ1) is 73.8. The van der Waals surface area contributed by atoms with Gasteiger partial charge < -0.3 is 13.7 Å². The Bertz CT molecular complexity index is 7710. The van der Waals surface area contributed by atoms with Gasteiger partial charge in [-0.05, 0) is 242 Å². The summed E-state index contributed by atoms with van der Waals surface area (Å²) in [5.41, 5.74) is 28.1. The number of para-hydroxylation sites is 3. The number of pyridine rings is 9. The van der Waals surface area contributed by atoms with Gasteiger partial charge in [0.05, 0.1) is 101 Å². The van der Waals surface area contributed by atoms with E-state index in [4.69, 9.17) is 26.6 Å². The number of nitrogens with zero attached hydrogens (tertiary/aromatic N) is 12. The van der Waals surface area contributed by atoms with Crippen LogP contribution in [0.15, 0.2) is 432 Å². The van der Waals surface area contributed by atoms with Crippen molar-refractivity contribution in [3.05, 3.63) is 437 Å². The van der Waals surface area contributed by atoms with Gasteiger partial charge in [0.1, 0.15) is 0 Å². The SMILES string of the molecule is Clc1cc(-n2c3ccccc3c3ccncc32)ccc1-c1cc(-c2ccc3ccccc3c2)cc(-c2ccccn2)n1.c1ccc(-c2cc(-c3ccc4ccccc4c3)cc(-c3ccc(-n4c5ccccc5c5cnccc54)cc3)n2)nc1.c1ccc(-c2cc(-c3ccc4ccccc4c3)cc(-c3ccc(-n4c5ccccc5c5ncccc54)cc3)n2)nc1. The fraction of sp³-hybridized carbons (Fsp3) is 0. The summed E-state index contributed by atoms with van der Waals surface area (Å²) in [6.07, 6.45) is 14.8. The highest BCUT2D eigenvalue weighted by molar-refractivity contribution is 6.33. The van der Waals surface area contributed by atoms with E-state index in [9.17, 15) is 0 Å². The van der Waals surface area contributed by atoms with E-state index in [1.54, 1.807) is 6.20 Å². The number of fused-ring (bicyclic) bond motifs is 12. The maximum absolute atomic E-state index is 7.07. The third-order valence-electron chi connectivity index (χ3n) is 23.2. The van der Waals surface area contributed by atoms with Crippen molar-refractivity contribution in [3.63, 3.8) is 0 Å². The summed E-state index contributed by atoms with van der Waals surface area (Å²) in [5.74, 6) is 0. The van der Waals surface area contributed by atoms with Gasteiger partial charge in [0, 0.05) is 104 Å². The minimum absolute atomic E-state index is 0.623. The lowest BCUT2D eigenvalue weighted by atomic mass is 9.98. The molecule has 124 heavy (non-hydrogen) atoms. The lowest BCUT2D eigenvalue weighted by Crippen LogP contribution is -1.96. The molecule has 12 aromatic heterocycles. The molecule has 0 radical (unpaired) electrons. The molecule has 0 fully saturated rings. The van der Waals surface area contributed by atoms with Crippen LogP contribution in [0.2, 0.25) is 5.02 Å². The molecule has 0 atom stereocenters. The molecule has 0 aliphatic rings. The number of hydrogen-bond donors (Lipinski definition) is 0. The Labute approximate surface area is 718 Å². The van der Waals surface area contributed by atoms with Crippen molar-refractivity contribution in [1.82, 2.24) is 58.6 Å². The van der Waals surface area contributed by atoms with Crippen LogP contribution in [0, 0.1) is 0 Å². The Morgan fingerprint density at radius 3 is 1.06 bits per heavy atom. The van der Waals surface area contributed by atoms with E-state index in [0.29, 0.717) is 5.02 Å². The Morgan fingerprint density at radius 2 is 0.556 bits per heavy atom. The zero-order valence-corrected chi connectivity index (χ0v) is 67.5. The Hall–Kier alpha value is -16.5. The maximum atomic E-state index is 7.07. The lowest BCUT2D eigenvalue weighted by Gasteiger charge is -2.13. The van der Waals surface area contributed by atoms with Crippen molar-refractivity contribution in [2.24, 2.45) is 0 Å². The number of rotatable bonds is 12. The number of benzene rings is 12. The first-order chi connectivity index (χ1) is 61.4. The molecule has 0 aliphatic heterocycles. The topological polar surface area (TPSA) is 131 Å². The van der Waals surface area contributed by atoms with Gasteiger partial charge in [-0.3, -0.25) is 29.9 Å². The van der Waals surface area contributed by atoms with Crippen LogP contribution in [0.5, 0.6) is 0 Å². The monoisotopic (exact) mass is 1610 g/mol. The zero-order chi connectivity index (χ0) is 82.4. The molecular formula is C111H71ClN12. The average Bonchev–Trinajstić information content (AvgIpc) is 1.60. The summed E-state index contributed by atoms with van der Waals surface area (Å²) in [4.78, 5) is 42.5. The highest BCUT2D eigenvalue weighted by Crippen LogP contribution is 2.42. The van der Waals surface area contributed by atoms with E-state index in [2.05, 4.69) is 359 Å². The van der Waals surface area contributed by atoms with Gasteiger partial charge in [0.25, 0.3) is 0 Å². The summed E-state index contributed by atoms with van der Waals surface area (Å²) in [6.45, 7) is 0. The smallest absolute Gasteiger partial charge is 0.0963 e. The van der Waals surface area contributed by atoms with E-state index < -0.39 is 0 Å². The second-order valence-corrected chi connectivity index (χ2v) is 31.1. The Balaban J connectivity index is 0.000000111. The van der Waals surface area contributed by atoms with Crippen LogP contribution in [0.4, 0.5) is 0 Å². The summed E-state index contributed by atoms with van der Waals surface area (Å²) in [7, 11) is 0. The van der Waals surface area contributed by atoms with E-state index in [1.807, 2.05) is 110 Å². The minimum atomic E-state index is 0.623. The molecule has 12 aromatic carbocycles. The van der Waals surface area contributed by atoms with E-state index in [0.717, 1.165) is 173 Å². The highest BCUT2D eigenvalue weighted by atomic mass is 35.5. The predicted molar refractivity (Wildman–Crippen MR) is 509 cm³/mol. The number of aromatic nitrogens is 12. The van der Waals surface area contributed by atoms with Crippen LogP contribution in [0.1, 0.15) is 0 Å². The molecule has 582 valence electrons. The fourth-order valence-electron chi connectivity index (χ4n) is 17.2. The first-order valence-corrected chi connectivity index (χ1v) is 41.5. The third-order valence-corrected chi connectivity index (χ3v) is 23.5. The van der Waals surface area contributed by atoms with Crippen LogP contribution in [-0.2, 0) is 0 Å². The van der Waals surface area contributed by atoms with Gasteiger partial charge in [-0.1, -0.05) is 218 Å². The van der Waals surface area contributed by atoms with E-state index in [1.165, 1.54) is 43.1 Å². The van der Waals surface area contributed by atoms with Gasteiger partial charge in [0.15, 0.2) is 0 Å². The van der Waals surface area contributed by atoms with Crippen LogP contribution < -0.4 is 0 Å². The van der Waals surface area contributed by atoms with E-state index in [-0.39, 0.29) is 0 Å². The summed E-state index contributed by atoms with van der Waals surface area (Å²) >= 11 is 7.07. The Morgan fingerprint density at radius 1 is 0.194 bits per heavy atom. The van der Waals surface area contributed by atoms with Crippen LogP contribution in [0.25, 0.3) is 216 Å². The summed E-state index contributed by atoms with van der Waals surface area (Å²) < 4.78 is 6.79. The van der Waals surface area contributed by atoms with Crippen molar-refractivity contribution < 1.29 is 0 Å². The van der Waals surface area contributed by atoms with Gasteiger partial charge in [-0.25, -0.2) is 15.0 Å². The van der Waals surface area contributed by atoms with E-state index >= 15 is 0 Å². The van der Waals surface area contributed by atoms with Gasteiger partial charge in [-0.2, -0.15) is 0 Å². The average molecular weight is 1610 g/mol. The molecule has 0 bridgehead atoms. The second kappa shape index (κ2) is 32.0. The molecule has 0 aliphatic carbocycles. The highest BCUT2D eigenvalue weighted by Gasteiger charge is 2.21. The standard InChI is InChI=1S/C37H23ClN4.2C37H24N4/c38-32-22-28(42-36-11-4-3-9-29(36)30-16-18-39-23-37(30)42)14-15-31(32)34-20-27(21-35(41-34)33-10-5-6-17-40-33)26-13-12-24-7-1-2-8-25(24)19-26;1-2-9-27-22-28(15-14-25(27)8-1)29-23-33(40-34(24-29)32-11-5-6-20-38-32)26-16-18-30(19-17-26)41-35-12-4-3-10-31(35)37-36(41)13-7-21-39-37;1-2-8-27-21-28(13-12-25(27)7-1)29-22-34(40-35(23-29)33-10-5-6-19-39-33)26-14-16-30(17-15-26)41-36-11-4-3-9-31(36)32-24-38-20-18-37(32)41/h1-23H;2*1-24H. The van der Waals surface area contributed by atoms with Crippen molar-refractivity contribution in [2.75, 3.05) is 0 Å². The quantitative estimate of drug-likeness (QED) is 0.117. The van der Waals surface area contributed by atoms with Crippen LogP contribution in [0.3, 0.4) is 0 Å².